The molecule has 0 saturated carbocycles. The van der Waals surface area contributed by atoms with Crippen molar-refractivity contribution in [2.45, 2.75) is 37.4 Å². The average Bonchev–Trinajstić information content (AvgIpc) is 3.74. The third-order valence-corrected chi connectivity index (χ3v) is 12.9. The molecule has 57 heavy (non-hydrogen) atoms. The standard InChI is InChI=1S/C42H43N5O8S2/c1-27-10-19-35-37(24-27)56-41(44-35)29-11-13-31(14-12-29)43-40(49)36-25-30(39-28(2)45(3)47(42(39)50)32-8-6-5-7-9-32)26-38(55-36)54-23-21-46(20-22-48)57(51,52)34-17-15-33(53-4)16-18-34/h5-19,24-25,30,38,48H,20-23,26H2,1-4H3,(H,43,49). The zero-order valence-corrected chi connectivity index (χ0v) is 33.5. The number of nitrogens with one attached hydrogen (secondary N) is 1. The Morgan fingerprint density at radius 3 is 2.46 bits per heavy atom. The van der Waals surface area contributed by atoms with Gasteiger partial charge in [-0.3, -0.25) is 14.3 Å². The van der Waals surface area contributed by atoms with Gasteiger partial charge in [-0.2, -0.15) is 4.31 Å². The number of hydrogen-bond donors (Lipinski definition) is 2. The van der Waals surface area contributed by atoms with Crippen LogP contribution in [0.3, 0.4) is 0 Å². The molecule has 2 aromatic heterocycles. The first-order valence-electron chi connectivity index (χ1n) is 18.3. The molecule has 13 nitrogen and oxygen atoms in total. The van der Waals surface area contributed by atoms with E-state index < -0.39 is 34.7 Å². The second-order valence-corrected chi connectivity index (χ2v) is 16.6. The van der Waals surface area contributed by atoms with E-state index in [4.69, 9.17) is 19.2 Å². The van der Waals surface area contributed by atoms with E-state index in [9.17, 15) is 23.1 Å². The molecule has 0 bridgehead atoms. The Morgan fingerprint density at radius 2 is 1.75 bits per heavy atom. The summed E-state index contributed by atoms with van der Waals surface area (Å²) in [4.78, 5) is 32.8. The molecule has 0 saturated heterocycles. The van der Waals surface area contributed by atoms with Crippen LogP contribution in [-0.4, -0.2) is 77.8 Å². The summed E-state index contributed by atoms with van der Waals surface area (Å²) in [5, 5.41) is 13.5. The number of fused-ring (bicyclic) bond motifs is 1. The smallest absolute Gasteiger partial charge is 0.290 e. The van der Waals surface area contributed by atoms with Crippen molar-refractivity contribution in [2.24, 2.45) is 7.05 Å². The molecule has 6 aromatic rings. The van der Waals surface area contributed by atoms with Crippen LogP contribution in [0, 0.1) is 13.8 Å². The van der Waals surface area contributed by atoms with Crippen molar-refractivity contribution in [3.05, 3.63) is 136 Å². The van der Waals surface area contributed by atoms with Gasteiger partial charge in [-0.25, -0.2) is 18.1 Å². The highest BCUT2D eigenvalue weighted by molar-refractivity contribution is 7.89. The molecule has 0 fully saturated rings. The Hall–Kier alpha value is -5.58. The second kappa shape index (κ2) is 16.9. The summed E-state index contributed by atoms with van der Waals surface area (Å²) < 4.78 is 50.0. The maximum Gasteiger partial charge on any atom is 0.290 e. The van der Waals surface area contributed by atoms with Crippen LogP contribution in [0.1, 0.15) is 29.2 Å². The van der Waals surface area contributed by atoms with Crippen molar-refractivity contribution < 1.29 is 32.5 Å². The number of hydrogen-bond acceptors (Lipinski definition) is 10. The van der Waals surface area contributed by atoms with Gasteiger partial charge in [0.15, 0.2) is 5.76 Å². The van der Waals surface area contributed by atoms with Gasteiger partial charge in [0.1, 0.15) is 10.8 Å². The zero-order chi connectivity index (χ0) is 40.3. The Balaban J connectivity index is 1.13. The van der Waals surface area contributed by atoms with Crippen LogP contribution in [0.2, 0.25) is 0 Å². The van der Waals surface area contributed by atoms with Crippen LogP contribution in [0.25, 0.3) is 26.5 Å². The molecular weight excluding hydrogens is 767 g/mol. The summed E-state index contributed by atoms with van der Waals surface area (Å²) in [6.07, 6.45) is 0.792. The lowest BCUT2D eigenvalue weighted by Gasteiger charge is -2.29. The summed E-state index contributed by atoms with van der Waals surface area (Å²) in [6, 6.07) is 28.7. The van der Waals surface area contributed by atoms with E-state index >= 15 is 0 Å². The van der Waals surface area contributed by atoms with Crippen LogP contribution in [0.5, 0.6) is 5.75 Å². The number of methoxy groups -OCH3 is 1. The number of thiazole rings is 1. The van der Waals surface area contributed by atoms with Crippen LogP contribution < -0.4 is 15.6 Å². The molecule has 2 atom stereocenters. The number of aryl methyl sites for hydroxylation is 1. The molecule has 1 aliphatic rings. The van der Waals surface area contributed by atoms with E-state index in [1.54, 1.807) is 58.1 Å². The Kier molecular flexibility index (Phi) is 11.7. The number of sulfonamides is 1. The summed E-state index contributed by atoms with van der Waals surface area (Å²) in [7, 11) is -0.712. The largest absolute Gasteiger partial charge is 0.497 e. The number of aliphatic hydroxyl groups is 1. The van der Waals surface area contributed by atoms with E-state index in [2.05, 4.69) is 11.4 Å². The highest BCUT2D eigenvalue weighted by Gasteiger charge is 2.34. The topological polar surface area (TPSA) is 154 Å². The van der Waals surface area contributed by atoms with E-state index in [0.29, 0.717) is 28.4 Å². The lowest BCUT2D eigenvalue weighted by atomic mass is 9.93. The number of carbonyl (C=O) groups excluding carboxylic acids is 1. The Bertz CT molecular complexity index is 2580. The maximum atomic E-state index is 14.1. The Labute approximate surface area is 334 Å². The van der Waals surface area contributed by atoms with Gasteiger partial charge in [0, 0.05) is 55.0 Å². The molecule has 15 heteroatoms. The number of amides is 1. The highest BCUT2D eigenvalue weighted by Crippen LogP contribution is 2.34. The van der Waals surface area contributed by atoms with Gasteiger partial charge >= 0.3 is 0 Å². The van der Waals surface area contributed by atoms with Crippen LogP contribution in [-0.2, 0) is 31.3 Å². The second-order valence-electron chi connectivity index (χ2n) is 13.6. The van der Waals surface area contributed by atoms with Gasteiger partial charge in [-0.1, -0.05) is 24.3 Å². The van der Waals surface area contributed by atoms with Crippen LogP contribution >= 0.6 is 11.3 Å². The van der Waals surface area contributed by atoms with Gasteiger partial charge in [-0.05, 0) is 98.3 Å². The van der Waals surface area contributed by atoms with Crippen molar-refractivity contribution in [3.8, 4) is 22.0 Å². The zero-order valence-electron chi connectivity index (χ0n) is 31.9. The summed E-state index contributed by atoms with van der Waals surface area (Å²) in [6.45, 7) is 3.07. The molecule has 1 amide bonds. The third kappa shape index (κ3) is 8.43. The minimum Gasteiger partial charge on any atom is -0.497 e. The van der Waals surface area contributed by atoms with Gasteiger partial charge in [0.05, 0.1) is 41.1 Å². The van der Waals surface area contributed by atoms with Crippen molar-refractivity contribution in [1.82, 2.24) is 18.7 Å². The minimum absolute atomic E-state index is 0.0325. The monoisotopic (exact) mass is 809 g/mol. The number of benzene rings is 4. The molecule has 1 aliphatic heterocycles. The highest BCUT2D eigenvalue weighted by atomic mass is 32.2. The number of anilines is 1. The number of ether oxygens (including phenoxy) is 3. The summed E-state index contributed by atoms with van der Waals surface area (Å²) in [5.41, 5.74) is 5.14. The van der Waals surface area contributed by atoms with Gasteiger partial charge in [-0.15, -0.1) is 11.3 Å². The quantitative estimate of drug-likeness (QED) is 0.132. The average molecular weight is 810 g/mol. The number of aromatic nitrogens is 3. The number of rotatable bonds is 14. The fourth-order valence-corrected chi connectivity index (χ4v) is 9.31. The van der Waals surface area contributed by atoms with Crippen molar-refractivity contribution in [1.29, 1.82) is 0 Å². The molecule has 0 radical (unpaired) electrons. The predicted octanol–water partition coefficient (Wildman–Crippen LogP) is 6.13. The molecule has 7 rings (SSSR count). The van der Waals surface area contributed by atoms with Crippen LogP contribution in [0.15, 0.2) is 119 Å². The van der Waals surface area contributed by atoms with Gasteiger partial charge in [0.25, 0.3) is 11.5 Å². The lowest BCUT2D eigenvalue weighted by Crippen LogP contribution is -2.38. The molecular formula is C42H43N5O8S2. The summed E-state index contributed by atoms with van der Waals surface area (Å²) in [5.74, 6) is -0.676. The molecule has 4 aromatic carbocycles. The number of nitrogens with zero attached hydrogens (tertiary/aromatic N) is 4. The number of carbonyl (C=O) groups is 1. The molecule has 2 N–H and O–H groups in total. The summed E-state index contributed by atoms with van der Waals surface area (Å²) >= 11 is 1.60. The van der Waals surface area contributed by atoms with Crippen LogP contribution in [0.4, 0.5) is 5.69 Å². The van der Waals surface area contributed by atoms with Crippen molar-refractivity contribution >= 4 is 43.2 Å². The first-order valence-corrected chi connectivity index (χ1v) is 20.6. The molecule has 3 heterocycles. The predicted molar refractivity (Wildman–Crippen MR) is 219 cm³/mol. The van der Waals surface area contributed by atoms with E-state index in [1.165, 1.54) is 19.2 Å². The molecule has 0 aliphatic carbocycles. The van der Waals surface area contributed by atoms with E-state index in [1.807, 2.05) is 68.4 Å². The first kappa shape index (κ1) is 39.6. The van der Waals surface area contributed by atoms with E-state index in [0.717, 1.165) is 30.7 Å². The van der Waals surface area contributed by atoms with Gasteiger partial charge in [0.2, 0.25) is 16.3 Å². The third-order valence-electron chi connectivity index (χ3n) is 9.88. The number of allylic oxidation sites excluding steroid dienone is 1. The molecule has 296 valence electrons. The van der Waals surface area contributed by atoms with Gasteiger partial charge < -0.3 is 24.6 Å². The normalized spacial score (nSPS) is 15.7. The van der Waals surface area contributed by atoms with Crippen molar-refractivity contribution in [2.75, 3.05) is 38.7 Å². The number of para-hydroxylation sites is 1. The lowest BCUT2D eigenvalue weighted by molar-refractivity contribution is -0.143. The SMILES string of the molecule is COc1ccc(S(=O)(=O)N(CCO)CCOC2CC(c3c(C)n(C)n(-c4ccccc4)c3=O)C=C(C(=O)Nc3ccc(-c4nc5ccc(C)cc5s4)cc3)O2)cc1. The molecule has 2 unspecified atom stereocenters. The maximum absolute atomic E-state index is 14.1. The minimum atomic E-state index is -4.00. The fraction of sp³-hybridized carbons (Fsp3) is 0.262. The fourth-order valence-electron chi connectivity index (χ4n) is 6.83. The first-order chi connectivity index (χ1) is 27.5. The van der Waals surface area contributed by atoms with E-state index in [-0.39, 0.29) is 42.3 Å². The van der Waals surface area contributed by atoms with Crippen molar-refractivity contribution in [3.63, 3.8) is 0 Å². The Morgan fingerprint density at radius 1 is 1.02 bits per heavy atom. The number of aliphatic hydroxyl groups excluding tert-OH is 1. The molecule has 0 spiro atoms.